The Balaban J connectivity index is 2.81. The number of rotatable bonds is 8. The Morgan fingerprint density at radius 3 is 2.75 bits per heavy atom. The Morgan fingerprint density at radius 2 is 2.25 bits per heavy atom. The summed E-state index contributed by atoms with van der Waals surface area (Å²) in [6.45, 7) is 8.82. The Bertz CT molecular complexity index is 305. The van der Waals surface area contributed by atoms with E-state index in [9.17, 15) is 4.79 Å². The van der Waals surface area contributed by atoms with Crippen LogP contribution in [-0.4, -0.2) is 55.2 Å². The fourth-order valence-corrected chi connectivity index (χ4v) is 3.40. The molecule has 5 nitrogen and oxygen atoms in total. The first kappa shape index (κ1) is 17.4. The Labute approximate surface area is 123 Å². The van der Waals surface area contributed by atoms with Crippen LogP contribution in [-0.2, 0) is 9.53 Å². The number of hydrogen-bond donors (Lipinski definition) is 2. The minimum absolute atomic E-state index is 0.209. The average molecular weight is 285 g/mol. The molecule has 1 aliphatic rings. The molecule has 3 N–H and O–H groups in total. The fraction of sp³-hybridized carbons (Fsp3) is 0.933. The highest BCUT2D eigenvalue weighted by Crippen LogP contribution is 2.32. The molecule has 2 atom stereocenters. The van der Waals surface area contributed by atoms with Crippen LogP contribution >= 0.6 is 0 Å². The third-order valence-corrected chi connectivity index (χ3v) is 4.40. The molecular formula is C15H31N3O2. The molecule has 0 saturated heterocycles. The largest absolute Gasteiger partial charge is 0.383 e. The van der Waals surface area contributed by atoms with Gasteiger partial charge in [-0.25, -0.2) is 0 Å². The summed E-state index contributed by atoms with van der Waals surface area (Å²) in [5, 5.41) is 3.34. The molecule has 0 aromatic heterocycles. The van der Waals surface area contributed by atoms with Crippen LogP contribution in [0.2, 0.25) is 0 Å². The Kier molecular flexibility index (Phi) is 6.92. The average Bonchev–Trinajstić information content (AvgIpc) is 2.39. The standard InChI is InChI=1S/C15H31N3O2/c1-5-17-15(14(16)19)8-6-7-13(11-15)18(12(2)3)9-10-20-4/h12-13,17H,5-11H2,1-4H3,(H2,16,19). The molecule has 5 heteroatoms. The zero-order valence-corrected chi connectivity index (χ0v) is 13.4. The molecule has 0 radical (unpaired) electrons. The lowest BCUT2D eigenvalue weighted by atomic mass is 9.77. The van der Waals surface area contributed by atoms with Crippen molar-refractivity contribution in [1.29, 1.82) is 0 Å². The van der Waals surface area contributed by atoms with Gasteiger partial charge in [0, 0.05) is 25.7 Å². The molecule has 1 fully saturated rings. The number of likely N-dealkylation sites (N-methyl/N-ethyl adjacent to an activating group) is 1. The van der Waals surface area contributed by atoms with Gasteiger partial charge in [0.05, 0.1) is 12.1 Å². The molecule has 0 aliphatic heterocycles. The molecule has 1 amide bonds. The Hall–Kier alpha value is -0.650. The highest BCUT2D eigenvalue weighted by atomic mass is 16.5. The second kappa shape index (κ2) is 7.96. The van der Waals surface area contributed by atoms with Crippen LogP contribution in [0.4, 0.5) is 0 Å². The van der Waals surface area contributed by atoms with Crippen molar-refractivity contribution in [3.05, 3.63) is 0 Å². The highest BCUT2D eigenvalue weighted by Gasteiger charge is 2.42. The lowest BCUT2D eigenvalue weighted by Gasteiger charge is -2.45. The van der Waals surface area contributed by atoms with Crippen LogP contribution in [0.15, 0.2) is 0 Å². The minimum atomic E-state index is -0.530. The van der Waals surface area contributed by atoms with Gasteiger partial charge in [0.25, 0.3) is 0 Å². The lowest BCUT2D eigenvalue weighted by Crippen LogP contribution is -2.61. The molecule has 1 rings (SSSR count). The first-order valence-corrected chi connectivity index (χ1v) is 7.76. The molecular weight excluding hydrogens is 254 g/mol. The number of methoxy groups -OCH3 is 1. The first-order chi connectivity index (χ1) is 9.46. The van der Waals surface area contributed by atoms with Crippen molar-refractivity contribution < 1.29 is 9.53 Å². The summed E-state index contributed by atoms with van der Waals surface area (Å²) in [6, 6.07) is 0.839. The summed E-state index contributed by atoms with van der Waals surface area (Å²) in [6.07, 6.45) is 3.82. The molecule has 0 aromatic rings. The van der Waals surface area contributed by atoms with Crippen LogP contribution in [0.1, 0.15) is 46.5 Å². The quantitative estimate of drug-likeness (QED) is 0.701. The smallest absolute Gasteiger partial charge is 0.237 e. The monoisotopic (exact) mass is 285 g/mol. The van der Waals surface area contributed by atoms with Crippen LogP contribution in [0.5, 0.6) is 0 Å². The van der Waals surface area contributed by atoms with E-state index in [2.05, 4.69) is 24.1 Å². The van der Waals surface area contributed by atoms with E-state index in [1.54, 1.807) is 7.11 Å². The molecule has 0 spiro atoms. The molecule has 2 unspecified atom stereocenters. The zero-order chi connectivity index (χ0) is 15.2. The number of nitrogens with zero attached hydrogens (tertiary/aromatic N) is 1. The first-order valence-electron chi connectivity index (χ1n) is 7.76. The predicted molar refractivity (Wildman–Crippen MR) is 81.6 cm³/mol. The molecule has 0 bridgehead atoms. The lowest BCUT2D eigenvalue weighted by molar-refractivity contribution is -0.127. The van der Waals surface area contributed by atoms with Gasteiger partial charge < -0.3 is 15.8 Å². The number of primary amides is 1. The number of carbonyl (C=O) groups excluding carboxylic acids is 1. The second-order valence-corrected chi connectivity index (χ2v) is 6.05. The van der Waals surface area contributed by atoms with Crippen LogP contribution in [0, 0.1) is 0 Å². The van der Waals surface area contributed by atoms with E-state index in [0.29, 0.717) is 12.1 Å². The van der Waals surface area contributed by atoms with Gasteiger partial charge in [0.15, 0.2) is 0 Å². The number of amides is 1. The topological polar surface area (TPSA) is 67.6 Å². The summed E-state index contributed by atoms with van der Waals surface area (Å²) in [7, 11) is 1.73. The summed E-state index contributed by atoms with van der Waals surface area (Å²) in [5.74, 6) is -0.209. The number of ether oxygens (including phenoxy) is 1. The summed E-state index contributed by atoms with van der Waals surface area (Å²) < 4.78 is 5.21. The van der Waals surface area contributed by atoms with Gasteiger partial charge in [-0.1, -0.05) is 6.92 Å². The van der Waals surface area contributed by atoms with Crippen molar-refractivity contribution in [2.75, 3.05) is 26.8 Å². The van der Waals surface area contributed by atoms with E-state index in [4.69, 9.17) is 10.5 Å². The van der Waals surface area contributed by atoms with Crippen LogP contribution in [0.3, 0.4) is 0 Å². The Morgan fingerprint density at radius 1 is 1.55 bits per heavy atom. The highest BCUT2D eigenvalue weighted by molar-refractivity contribution is 5.84. The van der Waals surface area contributed by atoms with Crippen molar-refractivity contribution >= 4 is 5.91 Å². The van der Waals surface area contributed by atoms with Crippen molar-refractivity contribution in [3.63, 3.8) is 0 Å². The zero-order valence-electron chi connectivity index (χ0n) is 13.4. The van der Waals surface area contributed by atoms with Gasteiger partial charge in [-0.2, -0.15) is 0 Å². The molecule has 0 heterocycles. The maximum Gasteiger partial charge on any atom is 0.237 e. The summed E-state index contributed by atoms with van der Waals surface area (Å²) >= 11 is 0. The number of nitrogens with one attached hydrogen (secondary N) is 1. The van der Waals surface area contributed by atoms with Gasteiger partial charge >= 0.3 is 0 Å². The summed E-state index contributed by atoms with van der Waals surface area (Å²) in [4.78, 5) is 14.4. The second-order valence-electron chi connectivity index (χ2n) is 6.05. The molecule has 118 valence electrons. The number of hydrogen-bond acceptors (Lipinski definition) is 4. The molecule has 1 saturated carbocycles. The van der Waals surface area contributed by atoms with Crippen molar-refractivity contribution in [2.24, 2.45) is 5.73 Å². The maximum absolute atomic E-state index is 11.9. The van der Waals surface area contributed by atoms with E-state index in [1.807, 2.05) is 6.92 Å². The van der Waals surface area contributed by atoms with Gasteiger partial charge in [-0.05, 0) is 46.1 Å². The maximum atomic E-state index is 11.9. The predicted octanol–water partition coefficient (Wildman–Crippen LogP) is 1.12. The van der Waals surface area contributed by atoms with Crippen molar-refractivity contribution in [3.8, 4) is 0 Å². The molecule has 1 aliphatic carbocycles. The summed E-state index contributed by atoms with van der Waals surface area (Å²) in [5.41, 5.74) is 5.15. The van der Waals surface area contributed by atoms with Gasteiger partial charge in [0.1, 0.15) is 0 Å². The van der Waals surface area contributed by atoms with E-state index >= 15 is 0 Å². The van der Waals surface area contributed by atoms with Gasteiger partial charge in [-0.15, -0.1) is 0 Å². The number of carbonyl (C=O) groups is 1. The van der Waals surface area contributed by atoms with Gasteiger partial charge in [0.2, 0.25) is 5.91 Å². The van der Waals surface area contributed by atoms with E-state index < -0.39 is 5.54 Å². The SMILES string of the molecule is CCNC1(C(N)=O)CCCC(N(CCOC)C(C)C)C1. The number of nitrogens with two attached hydrogens (primary N) is 1. The molecule has 20 heavy (non-hydrogen) atoms. The van der Waals surface area contributed by atoms with Crippen molar-refractivity contribution in [2.45, 2.75) is 64.1 Å². The molecule has 0 aromatic carbocycles. The third kappa shape index (κ3) is 4.17. The third-order valence-electron chi connectivity index (χ3n) is 4.40. The fourth-order valence-electron chi connectivity index (χ4n) is 3.40. The normalized spacial score (nSPS) is 27.2. The van der Waals surface area contributed by atoms with Crippen LogP contribution < -0.4 is 11.1 Å². The van der Waals surface area contributed by atoms with E-state index in [0.717, 1.165) is 45.4 Å². The van der Waals surface area contributed by atoms with Crippen LogP contribution in [0.25, 0.3) is 0 Å². The van der Waals surface area contributed by atoms with Gasteiger partial charge in [-0.3, -0.25) is 9.69 Å². The minimum Gasteiger partial charge on any atom is -0.383 e. The van der Waals surface area contributed by atoms with E-state index in [1.165, 1.54) is 0 Å². The van der Waals surface area contributed by atoms with Crippen molar-refractivity contribution in [1.82, 2.24) is 10.2 Å². The van der Waals surface area contributed by atoms with E-state index in [-0.39, 0.29) is 5.91 Å².